The van der Waals surface area contributed by atoms with Gasteiger partial charge >= 0.3 is 11.8 Å². The molecule has 0 fully saturated rings. The zero-order chi connectivity index (χ0) is 29.4. The van der Waals surface area contributed by atoms with Crippen molar-refractivity contribution >= 4 is 51.3 Å². The molecule has 41 heavy (non-hydrogen) atoms. The number of sulfonamides is 1. The number of rotatable bonds is 10. The zero-order valence-electron chi connectivity index (χ0n) is 21.8. The number of halogens is 2. The van der Waals surface area contributed by atoms with Crippen molar-refractivity contribution in [3.63, 3.8) is 0 Å². The van der Waals surface area contributed by atoms with Crippen LogP contribution in [0.5, 0.6) is 0 Å². The molecular weight excluding hydrogens is 589 g/mol. The first-order chi connectivity index (χ1) is 19.6. The minimum absolute atomic E-state index is 0.0417. The monoisotopic (exact) mass is 613 g/mol. The summed E-state index contributed by atoms with van der Waals surface area (Å²) in [5.41, 5.74) is 4.19. The van der Waals surface area contributed by atoms with E-state index in [2.05, 4.69) is 20.8 Å². The molecule has 0 aliphatic heterocycles. The summed E-state index contributed by atoms with van der Waals surface area (Å²) in [5.74, 6) is -1.32. The molecule has 0 atom stereocenters. The Morgan fingerprint density at radius 2 is 1.78 bits per heavy atom. The number of nitrogens with one attached hydrogen (secondary N) is 2. The van der Waals surface area contributed by atoms with Crippen LogP contribution in [0.4, 0.5) is 0 Å². The number of hydrogen-bond acceptors (Lipinski definition) is 7. The Morgan fingerprint density at radius 1 is 1.00 bits per heavy atom. The maximum absolute atomic E-state index is 13.6. The number of carbonyl (C=O) groups is 2. The van der Waals surface area contributed by atoms with E-state index in [0.29, 0.717) is 27.1 Å². The Hall–Kier alpha value is -4.03. The average molecular weight is 615 g/mol. The highest BCUT2D eigenvalue weighted by atomic mass is 35.5. The Bertz CT molecular complexity index is 1660. The second-order valence-electron chi connectivity index (χ2n) is 8.83. The van der Waals surface area contributed by atoms with E-state index in [9.17, 15) is 18.0 Å². The van der Waals surface area contributed by atoms with Crippen molar-refractivity contribution < 1.29 is 22.4 Å². The van der Waals surface area contributed by atoms with E-state index in [4.69, 9.17) is 27.6 Å². The van der Waals surface area contributed by atoms with Crippen LogP contribution in [0.3, 0.4) is 0 Å². The Kier molecular flexibility index (Phi) is 9.90. The summed E-state index contributed by atoms with van der Waals surface area (Å²) in [5, 5.41) is 6.94. The minimum atomic E-state index is -3.95. The number of furan rings is 1. The van der Waals surface area contributed by atoms with E-state index in [0.717, 1.165) is 5.56 Å². The van der Waals surface area contributed by atoms with Crippen LogP contribution in [0.25, 0.3) is 0 Å². The van der Waals surface area contributed by atoms with Crippen LogP contribution in [0.15, 0.2) is 93.4 Å². The van der Waals surface area contributed by atoms with Crippen molar-refractivity contribution in [1.82, 2.24) is 20.0 Å². The normalized spacial score (nSPS) is 11.6. The number of pyridine rings is 1. The second-order valence-corrected chi connectivity index (χ2v) is 11.6. The second kappa shape index (κ2) is 13.6. The molecule has 10 nitrogen and oxygen atoms in total. The van der Waals surface area contributed by atoms with Gasteiger partial charge in [-0.2, -0.15) is 9.41 Å². The third-order valence-corrected chi connectivity index (χ3v) is 8.15. The molecule has 2 amide bonds. The molecule has 0 aliphatic rings. The van der Waals surface area contributed by atoms with Crippen LogP contribution >= 0.6 is 23.2 Å². The van der Waals surface area contributed by atoms with Crippen molar-refractivity contribution in [3.05, 3.63) is 117 Å². The van der Waals surface area contributed by atoms with Crippen LogP contribution in [0, 0.1) is 6.92 Å². The predicted octanol–water partition coefficient (Wildman–Crippen LogP) is 4.45. The van der Waals surface area contributed by atoms with Gasteiger partial charge in [0.25, 0.3) is 0 Å². The molecule has 0 saturated heterocycles. The predicted molar refractivity (Wildman–Crippen MR) is 155 cm³/mol. The fourth-order valence-electron chi connectivity index (χ4n) is 3.61. The minimum Gasteiger partial charge on any atom is -0.459 e. The van der Waals surface area contributed by atoms with E-state index in [1.165, 1.54) is 22.7 Å². The first-order valence-electron chi connectivity index (χ1n) is 12.2. The third-order valence-electron chi connectivity index (χ3n) is 5.76. The number of carbonyl (C=O) groups excluding carboxylic acids is 2. The molecule has 4 aromatic rings. The molecule has 13 heteroatoms. The summed E-state index contributed by atoms with van der Waals surface area (Å²) < 4.78 is 34.1. The number of hydrazone groups is 1. The summed E-state index contributed by atoms with van der Waals surface area (Å²) in [7, 11) is -3.95. The van der Waals surface area contributed by atoms with Gasteiger partial charge in [-0.15, -0.1) is 0 Å². The standard InChI is InChI=1S/C28H25Cl2N5O5S/c1-19-5-11-25(12-6-19)41(38,39)35(17-20-7-8-21(29)14-26(20)30)18-24-10-9-23(40-24)16-33-34-28(37)27(36)32-15-22-4-2-3-13-31-22/h2-14,16H,15,17-18H2,1H3,(H,32,36)(H,34,37)/b33-16+. The number of hydrogen-bond donors (Lipinski definition) is 2. The lowest BCUT2D eigenvalue weighted by molar-refractivity contribution is -0.139. The number of aryl methyl sites for hydroxylation is 1. The molecule has 2 aromatic carbocycles. The zero-order valence-corrected chi connectivity index (χ0v) is 24.1. The van der Waals surface area contributed by atoms with E-state index in [1.807, 2.05) is 6.92 Å². The molecule has 4 rings (SSSR count). The van der Waals surface area contributed by atoms with E-state index in [-0.39, 0.29) is 30.3 Å². The largest absolute Gasteiger partial charge is 0.459 e. The molecule has 2 N–H and O–H groups in total. The topological polar surface area (TPSA) is 134 Å². The first-order valence-corrected chi connectivity index (χ1v) is 14.4. The van der Waals surface area contributed by atoms with Gasteiger partial charge in [-0.25, -0.2) is 13.8 Å². The Morgan fingerprint density at radius 3 is 2.49 bits per heavy atom. The molecule has 2 heterocycles. The van der Waals surface area contributed by atoms with Crippen LogP contribution < -0.4 is 10.7 Å². The maximum atomic E-state index is 13.6. The average Bonchev–Trinajstić information content (AvgIpc) is 3.40. The highest BCUT2D eigenvalue weighted by Crippen LogP contribution is 2.27. The van der Waals surface area contributed by atoms with Crippen molar-refractivity contribution in [1.29, 1.82) is 0 Å². The van der Waals surface area contributed by atoms with Gasteiger partial charge in [0.15, 0.2) is 0 Å². The van der Waals surface area contributed by atoms with Crippen LogP contribution in [0.1, 0.15) is 28.3 Å². The highest BCUT2D eigenvalue weighted by molar-refractivity contribution is 7.89. The van der Waals surface area contributed by atoms with Crippen molar-refractivity contribution in [2.75, 3.05) is 0 Å². The van der Waals surface area contributed by atoms with E-state index < -0.39 is 21.8 Å². The summed E-state index contributed by atoms with van der Waals surface area (Å²) in [6.45, 7) is 1.79. The quantitative estimate of drug-likeness (QED) is 0.154. The SMILES string of the molecule is Cc1ccc(S(=O)(=O)N(Cc2ccc(/C=N/NC(=O)C(=O)NCc3ccccn3)o2)Cc2ccc(Cl)cc2Cl)cc1. The van der Waals surface area contributed by atoms with Crippen molar-refractivity contribution in [2.45, 2.75) is 31.5 Å². The lowest BCUT2D eigenvalue weighted by Crippen LogP contribution is -2.37. The van der Waals surface area contributed by atoms with Crippen molar-refractivity contribution in [2.24, 2.45) is 5.10 Å². The van der Waals surface area contributed by atoms with Gasteiger partial charge in [0.2, 0.25) is 10.0 Å². The molecule has 0 aliphatic carbocycles. The van der Waals surface area contributed by atoms with Gasteiger partial charge in [0.1, 0.15) is 11.5 Å². The third kappa shape index (κ3) is 8.24. The van der Waals surface area contributed by atoms with Crippen molar-refractivity contribution in [3.8, 4) is 0 Å². The van der Waals surface area contributed by atoms with Gasteiger partial charge in [0, 0.05) is 22.8 Å². The molecule has 212 valence electrons. The number of benzene rings is 2. The summed E-state index contributed by atoms with van der Waals surface area (Å²) in [6.07, 6.45) is 2.77. The van der Waals surface area contributed by atoms with Crippen LogP contribution in [0.2, 0.25) is 10.0 Å². The summed E-state index contributed by atoms with van der Waals surface area (Å²) >= 11 is 12.4. The lowest BCUT2D eigenvalue weighted by atomic mass is 10.2. The van der Waals surface area contributed by atoms with Crippen LogP contribution in [-0.4, -0.2) is 35.7 Å². The van der Waals surface area contributed by atoms with E-state index in [1.54, 1.807) is 66.9 Å². The van der Waals surface area contributed by atoms with Gasteiger partial charge in [-0.05, 0) is 61.0 Å². The molecule has 2 aromatic heterocycles. The van der Waals surface area contributed by atoms with Gasteiger partial charge in [0.05, 0.1) is 29.9 Å². The first kappa shape index (κ1) is 29.9. The maximum Gasteiger partial charge on any atom is 0.329 e. The summed E-state index contributed by atoms with van der Waals surface area (Å²) in [4.78, 5) is 28.2. The molecule has 0 radical (unpaired) electrons. The molecule has 0 bridgehead atoms. The molecular formula is C28H25Cl2N5O5S. The van der Waals surface area contributed by atoms with Crippen LogP contribution in [-0.2, 0) is 39.2 Å². The number of aromatic nitrogens is 1. The Labute approximate surface area is 247 Å². The molecule has 0 spiro atoms. The molecule has 0 saturated carbocycles. The fourth-order valence-corrected chi connectivity index (χ4v) is 5.46. The van der Waals surface area contributed by atoms with Gasteiger partial charge in [-0.3, -0.25) is 14.6 Å². The smallest absolute Gasteiger partial charge is 0.329 e. The fraction of sp³-hybridized carbons (Fsp3) is 0.143. The lowest BCUT2D eigenvalue weighted by Gasteiger charge is -2.22. The van der Waals surface area contributed by atoms with E-state index >= 15 is 0 Å². The molecule has 0 unspecified atom stereocenters. The summed E-state index contributed by atoms with van der Waals surface area (Å²) in [6, 6.07) is 19.7. The number of nitrogens with zero attached hydrogens (tertiary/aromatic N) is 3. The van der Waals surface area contributed by atoms with Gasteiger partial charge in [-0.1, -0.05) is 53.0 Å². The highest BCUT2D eigenvalue weighted by Gasteiger charge is 2.27. The Balaban J connectivity index is 1.44. The number of amides is 2. The van der Waals surface area contributed by atoms with Gasteiger partial charge < -0.3 is 9.73 Å².